The minimum absolute atomic E-state index is 0.0349. The minimum atomic E-state index is -4.28. The average Bonchev–Trinajstić information content (AvgIpc) is 3.39. The highest BCUT2D eigenvalue weighted by molar-refractivity contribution is 7.52. The number of aromatic nitrogens is 4. The van der Waals surface area contributed by atoms with Gasteiger partial charge in [0.25, 0.3) is 0 Å². The Hall–Kier alpha value is -3.33. The number of aliphatic hydroxyl groups excluding tert-OH is 2. The second kappa shape index (κ2) is 11.4. The van der Waals surface area contributed by atoms with Crippen LogP contribution >= 0.6 is 7.75 Å². The molecule has 3 aromatic rings. The molecule has 15 nitrogen and oxygen atoms in total. The smallest absolute Gasteiger partial charge is 0.459 e. The molecule has 0 aliphatic carbocycles. The van der Waals surface area contributed by atoms with Gasteiger partial charge in [0.1, 0.15) is 35.6 Å². The van der Waals surface area contributed by atoms with Crippen LogP contribution in [0.5, 0.6) is 5.75 Å². The third-order valence-corrected chi connectivity index (χ3v) is 7.57. The molecular formula is C23H32N7O8P. The van der Waals surface area contributed by atoms with E-state index in [9.17, 15) is 19.6 Å². The Bertz CT molecular complexity index is 1360. The Morgan fingerprint density at radius 2 is 1.82 bits per heavy atom. The average molecular weight is 566 g/mol. The normalized spacial score (nSPS) is 24.4. The summed E-state index contributed by atoms with van der Waals surface area (Å²) in [7, 11) is -4.28. The first kappa shape index (κ1) is 28.7. The van der Waals surface area contributed by atoms with Crippen LogP contribution in [0.2, 0.25) is 0 Å². The number of nitrogens with two attached hydrogens (primary N) is 2. The number of imidazole rings is 1. The number of hydrogen-bond acceptors (Lipinski definition) is 13. The van der Waals surface area contributed by atoms with E-state index in [1.165, 1.54) is 24.7 Å². The first-order valence-electron chi connectivity index (χ1n) is 12.2. The fourth-order valence-corrected chi connectivity index (χ4v) is 5.74. The summed E-state index contributed by atoms with van der Waals surface area (Å²) >= 11 is 0. The van der Waals surface area contributed by atoms with E-state index in [1.54, 1.807) is 44.2 Å². The van der Waals surface area contributed by atoms with Crippen molar-refractivity contribution in [2.45, 2.75) is 70.5 Å². The summed E-state index contributed by atoms with van der Waals surface area (Å²) in [5.41, 5.74) is 12.0. The van der Waals surface area contributed by atoms with Crippen LogP contribution < -0.4 is 21.1 Å². The van der Waals surface area contributed by atoms with Gasteiger partial charge in [-0.15, -0.1) is 0 Å². The van der Waals surface area contributed by atoms with E-state index >= 15 is 0 Å². The van der Waals surface area contributed by atoms with Crippen LogP contribution in [0.3, 0.4) is 0 Å². The number of benzene rings is 1. The molecule has 16 heteroatoms. The summed E-state index contributed by atoms with van der Waals surface area (Å²) in [4.78, 5) is 24.5. The van der Waals surface area contributed by atoms with Crippen LogP contribution in [0.1, 0.15) is 33.9 Å². The topological polar surface area (TPSA) is 219 Å². The van der Waals surface area contributed by atoms with Crippen molar-refractivity contribution in [3.8, 4) is 5.75 Å². The van der Waals surface area contributed by atoms with Crippen molar-refractivity contribution >= 4 is 36.6 Å². The lowest BCUT2D eigenvalue weighted by Crippen LogP contribution is -2.41. The number of ether oxygens (including phenoxy) is 2. The first-order chi connectivity index (χ1) is 18.4. The Labute approximate surface area is 224 Å². The summed E-state index contributed by atoms with van der Waals surface area (Å²) in [6, 6.07) is 7.13. The third-order valence-electron chi connectivity index (χ3n) is 5.81. The van der Waals surface area contributed by atoms with Gasteiger partial charge in [-0.1, -0.05) is 18.2 Å². The molecule has 1 aliphatic rings. The molecule has 0 saturated carbocycles. The monoisotopic (exact) mass is 565 g/mol. The van der Waals surface area contributed by atoms with Crippen molar-refractivity contribution in [2.75, 3.05) is 11.5 Å². The van der Waals surface area contributed by atoms with Gasteiger partial charge < -0.3 is 35.7 Å². The second-order valence-corrected chi connectivity index (χ2v) is 11.0. The molecule has 3 heterocycles. The molecule has 1 aromatic carbocycles. The molecule has 0 spiro atoms. The number of anilines is 2. The molecule has 0 radical (unpaired) electrons. The predicted octanol–water partition coefficient (Wildman–Crippen LogP) is 1.13. The Morgan fingerprint density at radius 3 is 2.49 bits per heavy atom. The molecule has 1 aliphatic heterocycles. The van der Waals surface area contributed by atoms with Crippen molar-refractivity contribution in [2.24, 2.45) is 0 Å². The van der Waals surface area contributed by atoms with E-state index in [-0.39, 0.29) is 28.7 Å². The number of aliphatic hydroxyl groups is 2. The van der Waals surface area contributed by atoms with Crippen LogP contribution in [0.4, 0.5) is 11.8 Å². The van der Waals surface area contributed by atoms with Gasteiger partial charge in [0.05, 0.1) is 18.5 Å². The van der Waals surface area contributed by atoms with E-state index in [1.807, 2.05) is 0 Å². The highest BCUT2D eigenvalue weighted by atomic mass is 31.2. The standard InChI is InChI=1S/C23H32N7O8P/c1-11(2)35-22(33)12(3)29-39(34,38-14-8-6-5-7-9-14)37-13(4)18-16(31)17(32)21(36-18)30-10-26-15-19(24)27-23(25)28-20(15)30/h5-13,16-18,21,31-32H,1-4H3,(H,29,34)(H4,24,25,27,28). The lowest BCUT2D eigenvalue weighted by molar-refractivity contribution is -0.149. The number of carbonyl (C=O) groups is 1. The number of rotatable bonds is 10. The van der Waals surface area contributed by atoms with Gasteiger partial charge in [0.15, 0.2) is 17.7 Å². The zero-order valence-corrected chi connectivity index (χ0v) is 22.6. The Balaban J connectivity index is 1.56. The van der Waals surface area contributed by atoms with Gasteiger partial charge in [0, 0.05) is 0 Å². The molecule has 0 bridgehead atoms. The van der Waals surface area contributed by atoms with Crippen molar-refractivity contribution in [1.82, 2.24) is 24.6 Å². The maximum Gasteiger partial charge on any atom is 0.459 e. The molecule has 4 rings (SSSR count). The zero-order valence-electron chi connectivity index (χ0n) is 21.7. The molecule has 7 atom stereocenters. The van der Waals surface area contributed by atoms with Gasteiger partial charge in [-0.25, -0.2) is 9.55 Å². The van der Waals surface area contributed by atoms with E-state index in [2.05, 4.69) is 20.0 Å². The molecule has 39 heavy (non-hydrogen) atoms. The van der Waals surface area contributed by atoms with Gasteiger partial charge in [-0.05, 0) is 39.8 Å². The van der Waals surface area contributed by atoms with E-state index in [4.69, 9.17) is 30.0 Å². The first-order valence-corrected chi connectivity index (χ1v) is 13.7. The number of para-hydroxylation sites is 1. The number of nitrogens with zero attached hydrogens (tertiary/aromatic N) is 4. The molecule has 1 saturated heterocycles. The molecule has 2 aromatic heterocycles. The van der Waals surface area contributed by atoms with E-state index in [0.29, 0.717) is 0 Å². The maximum atomic E-state index is 13.9. The number of carbonyl (C=O) groups excluding carboxylic acids is 1. The summed E-state index contributed by atoms with van der Waals surface area (Å²) in [6.45, 7) is 6.29. The molecule has 212 valence electrons. The number of esters is 1. The molecular weight excluding hydrogens is 533 g/mol. The Morgan fingerprint density at radius 1 is 1.13 bits per heavy atom. The van der Waals surface area contributed by atoms with Gasteiger partial charge in [0.2, 0.25) is 5.95 Å². The highest BCUT2D eigenvalue weighted by Gasteiger charge is 2.49. The van der Waals surface area contributed by atoms with Crippen molar-refractivity contribution < 1.29 is 38.1 Å². The quantitative estimate of drug-likeness (QED) is 0.172. The molecule has 0 amide bonds. The molecule has 7 unspecified atom stereocenters. The van der Waals surface area contributed by atoms with E-state index in [0.717, 1.165) is 0 Å². The summed E-state index contributed by atoms with van der Waals surface area (Å²) in [5.74, 6) is -0.542. The summed E-state index contributed by atoms with van der Waals surface area (Å²) in [5, 5.41) is 24.2. The van der Waals surface area contributed by atoms with Crippen LogP contribution in [-0.4, -0.2) is 72.3 Å². The summed E-state index contributed by atoms with van der Waals surface area (Å²) < 4.78 is 37.8. The fourth-order valence-electron chi connectivity index (χ4n) is 4.05. The van der Waals surface area contributed by atoms with Gasteiger partial charge in [-0.3, -0.25) is 13.9 Å². The van der Waals surface area contributed by atoms with Crippen LogP contribution in [0.25, 0.3) is 11.2 Å². The Kier molecular flexibility index (Phi) is 8.39. The fraction of sp³-hybridized carbons (Fsp3) is 0.478. The number of nitrogens with one attached hydrogen (secondary N) is 1. The summed E-state index contributed by atoms with van der Waals surface area (Å²) in [6.07, 6.45) is -5.49. The van der Waals surface area contributed by atoms with Gasteiger partial charge in [-0.2, -0.15) is 15.1 Å². The van der Waals surface area contributed by atoms with Crippen LogP contribution in [0.15, 0.2) is 36.7 Å². The maximum absolute atomic E-state index is 13.9. The lowest BCUT2D eigenvalue weighted by atomic mass is 10.1. The van der Waals surface area contributed by atoms with E-state index < -0.39 is 56.5 Å². The second-order valence-electron chi connectivity index (χ2n) is 9.31. The SMILES string of the molecule is CC(C)OC(=O)C(C)NP(=O)(Oc1ccccc1)OC(C)C1OC(n2cnc3c(N)nc(N)nc32)C(O)C1O. The minimum Gasteiger partial charge on any atom is -0.462 e. The molecule has 7 N–H and O–H groups in total. The lowest BCUT2D eigenvalue weighted by Gasteiger charge is -2.28. The van der Waals surface area contributed by atoms with Crippen molar-refractivity contribution in [3.63, 3.8) is 0 Å². The molecule has 1 fully saturated rings. The zero-order chi connectivity index (χ0) is 28.5. The third kappa shape index (κ3) is 6.30. The van der Waals surface area contributed by atoms with Crippen LogP contribution in [-0.2, 0) is 23.4 Å². The van der Waals surface area contributed by atoms with Crippen LogP contribution in [0, 0.1) is 0 Å². The number of fused-ring (bicyclic) bond motifs is 1. The van der Waals surface area contributed by atoms with Gasteiger partial charge >= 0.3 is 13.7 Å². The predicted molar refractivity (Wildman–Crippen MR) is 139 cm³/mol. The van der Waals surface area contributed by atoms with Crippen molar-refractivity contribution in [1.29, 1.82) is 0 Å². The number of hydrogen-bond donors (Lipinski definition) is 5. The number of nitrogen functional groups attached to an aromatic ring is 2. The largest absolute Gasteiger partial charge is 0.462 e. The highest BCUT2D eigenvalue weighted by Crippen LogP contribution is 2.48. The van der Waals surface area contributed by atoms with Crippen molar-refractivity contribution in [3.05, 3.63) is 36.7 Å².